The van der Waals surface area contributed by atoms with Gasteiger partial charge >= 0.3 is 11.9 Å². The Bertz CT molecular complexity index is 832. The van der Waals surface area contributed by atoms with Gasteiger partial charge in [0.2, 0.25) is 5.91 Å². The maximum atomic E-state index is 12.2. The van der Waals surface area contributed by atoms with E-state index in [1.807, 2.05) is 54.6 Å². The van der Waals surface area contributed by atoms with E-state index in [0.29, 0.717) is 19.4 Å². The standard InChI is InChI=1S/C24H29NO5/c1-3-30-24(29)17(2)15-21(25-22(26)13-14-23(27)28)16-18-9-11-20(12-10-18)19-7-5-4-6-8-19/h4-12,17,21H,3,13-16H2,1-2H3,(H,25,26)(H,27,28)/t17?,21-/m0/s1. The summed E-state index contributed by atoms with van der Waals surface area (Å²) in [4.78, 5) is 34.9. The van der Waals surface area contributed by atoms with Crippen LogP contribution >= 0.6 is 0 Å². The molecular formula is C24H29NO5. The van der Waals surface area contributed by atoms with Crippen LogP contribution < -0.4 is 5.32 Å². The van der Waals surface area contributed by atoms with Crippen molar-refractivity contribution in [3.8, 4) is 11.1 Å². The lowest BCUT2D eigenvalue weighted by Crippen LogP contribution is -2.39. The van der Waals surface area contributed by atoms with Crippen LogP contribution in [0.4, 0.5) is 0 Å². The number of nitrogens with one attached hydrogen (secondary N) is 1. The molecule has 160 valence electrons. The van der Waals surface area contributed by atoms with Gasteiger partial charge in [0.25, 0.3) is 0 Å². The molecule has 1 unspecified atom stereocenters. The summed E-state index contributed by atoms with van der Waals surface area (Å²) in [6, 6.07) is 17.8. The molecule has 30 heavy (non-hydrogen) atoms. The molecule has 0 heterocycles. The lowest BCUT2D eigenvalue weighted by molar-refractivity contribution is -0.148. The zero-order valence-corrected chi connectivity index (χ0v) is 17.5. The van der Waals surface area contributed by atoms with Crippen molar-refractivity contribution in [3.63, 3.8) is 0 Å². The van der Waals surface area contributed by atoms with Crippen LogP contribution in [0.2, 0.25) is 0 Å². The Hall–Kier alpha value is -3.15. The zero-order valence-electron chi connectivity index (χ0n) is 17.5. The van der Waals surface area contributed by atoms with E-state index >= 15 is 0 Å². The summed E-state index contributed by atoms with van der Waals surface area (Å²) in [5.74, 6) is -2.03. The summed E-state index contributed by atoms with van der Waals surface area (Å²) in [5, 5.41) is 11.7. The first-order valence-corrected chi connectivity index (χ1v) is 10.2. The van der Waals surface area contributed by atoms with Crippen molar-refractivity contribution in [2.45, 2.75) is 45.6 Å². The third-order valence-corrected chi connectivity index (χ3v) is 4.80. The molecule has 2 atom stereocenters. The Morgan fingerprint density at radius 1 is 0.967 bits per heavy atom. The minimum absolute atomic E-state index is 0.0907. The molecule has 2 rings (SSSR count). The van der Waals surface area contributed by atoms with E-state index in [1.54, 1.807) is 13.8 Å². The zero-order chi connectivity index (χ0) is 21.9. The molecule has 2 N–H and O–H groups in total. The highest BCUT2D eigenvalue weighted by Gasteiger charge is 2.22. The lowest BCUT2D eigenvalue weighted by Gasteiger charge is -2.22. The van der Waals surface area contributed by atoms with Crippen molar-refractivity contribution in [2.75, 3.05) is 6.61 Å². The lowest BCUT2D eigenvalue weighted by atomic mass is 9.94. The largest absolute Gasteiger partial charge is 0.481 e. The first kappa shape index (κ1) is 23.1. The van der Waals surface area contributed by atoms with Crippen LogP contribution in [0.15, 0.2) is 54.6 Å². The molecule has 0 aliphatic carbocycles. The Morgan fingerprint density at radius 2 is 1.60 bits per heavy atom. The van der Waals surface area contributed by atoms with Crippen molar-refractivity contribution in [1.29, 1.82) is 0 Å². The fourth-order valence-electron chi connectivity index (χ4n) is 3.27. The molecule has 0 fully saturated rings. The third-order valence-electron chi connectivity index (χ3n) is 4.80. The monoisotopic (exact) mass is 411 g/mol. The van der Waals surface area contributed by atoms with Crippen molar-refractivity contribution in [1.82, 2.24) is 5.32 Å². The Labute approximate surface area is 177 Å². The molecule has 2 aromatic carbocycles. The van der Waals surface area contributed by atoms with Crippen molar-refractivity contribution >= 4 is 17.8 Å². The smallest absolute Gasteiger partial charge is 0.308 e. The van der Waals surface area contributed by atoms with Gasteiger partial charge in [-0.2, -0.15) is 0 Å². The summed E-state index contributed by atoms with van der Waals surface area (Å²) in [6.07, 6.45) is 0.639. The van der Waals surface area contributed by atoms with Gasteiger partial charge in [0.15, 0.2) is 0 Å². The first-order chi connectivity index (χ1) is 14.4. The molecule has 6 heteroatoms. The van der Waals surface area contributed by atoms with E-state index in [4.69, 9.17) is 9.84 Å². The fraction of sp³-hybridized carbons (Fsp3) is 0.375. The number of carbonyl (C=O) groups excluding carboxylic acids is 2. The topological polar surface area (TPSA) is 92.7 Å². The van der Waals surface area contributed by atoms with Gasteiger partial charge in [0, 0.05) is 12.5 Å². The van der Waals surface area contributed by atoms with Gasteiger partial charge in [-0.3, -0.25) is 14.4 Å². The average Bonchev–Trinajstić information content (AvgIpc) is 2.73. The molecule has 0 saturated carbocycles. The fourth-order valence-corrected chi connectivity index (χ4v) is 3.27. The maximum absolute atomic E-state index is 12.2. The highest BCUT2D eigenvalue weighted by Crippen LogP contribution is 2.21. The van der Waals surface area contributed by atoms with E-state index in [1.165, 1.54) is 0 Å². The van der Waals surface area contributed by atoms with Crippen molar-refractivity contribution in [2.24, 2.45) is 5.92 Å². The summed E-state index contributed by atoms with van der Waals surface area (Å²) in [7, 11) is 0. The molecule has 2 aromatic rings. The summed E-state index contributed by atoms with van der Waals surface area (Å²) < 4.78 is 5.07. The number of amides is 1. The number of carboxylic acid groups (broad SMARTS) is 1. The van der Waals surface area contributed by atoms with Gasteiger partial charge < -0.3 is 15.2 Å². The van der Waals surface area contributed by atoms with E-state index in [0.717, 1.165) is 16.7 Å². The van der Waals surface area contributed by atoms with Crippen LogP contribution in [-0.2, 0) is 25.5 Å². The second-order valence-corrected chi connectivity index (χ2v) is 7.31. The molecule has 0 spiro atoms. The van der Waals surface area contributed by atoms with Crippen LogP contribution in [-0.4, -0.2) is 35.6 Å². The number of ether oxygens (including phenoxy) is 1. The van der Waals surface area contributed by atoms with Gasteiger partial charge in [-0.1, -0.05) is 61.5 Å². The van der Waals surface area contributed by atoms with Crippen molar-refractivity contribution in [3.05, 3.63) is 60.2 Å². The minimum atomic E-state index is -1.02. The van der Waals surface area contributed by atoms with Gasteiger partial charge in [-0.25, -0.2) is 0 Å². The Balaban J connectivity index is 2.07. The predicted molar refractivity (Wildman–Crippen MR) is 115 cm³/mol. The molecule has 0 aromatic heterocycles. The number of aliphatic carboxylic acids is 1. The second-order valence-electron chi connectivity index (χ2n) is 7.31. The number of esters is 1. The van der Waals surface area contributed by atoms with Gasteiger partial charge in [-0.15, -0.1) is 0 Å². The number of benzene rings is 2. The van der Waals surface area contributed by atoms with E-state index in [9.17, 15) is 14.4 Å². The minimum Gasteiger partial charge on any atom is -0.481 e. The highest BCUT2D eigenvalue weighted by molar-refractivity contribution is 5.81. The summed E-state index contributed by atoms with van der Waals surface area (Å²) >= 11 is 0. The predicted octanol–water partition coefficient (Wildman–Crippen LogP) is 3.84. The molecule has 0 bridgehead atoms. The van der Waals surface area contributed by atoms with Gasteiger partial charge in [0.1, 0.15) is 0 Å². The summed E-state index contributed by atoms with van der Waals surface area (Å²) in [6.45, 7) is 3.83. The average molecular weight is 411 g/mol. The van der Waals surface area contributed by atoms with Crippen LogP contribution in [0.3, 0.4) is 0 Å². The van der Waals surface area contributed by atoms with E-state index < -0.39 is 5.97 Å². The van der Waals surface area contributed by atoms with Crippen molar-refractivity contribution < 1.29 is 24.2 Å². The van der Waals surface area contributed by atoms with Gasteiger partial charge in [0.05, 0.1) is 18.9 Å². The Kier molecular flexibility index (Phi) is 9.06. The first-order valence-electron chi connectivity index (χ1n) is 10.2. The number of hydrogen-bond acceptors (Lipinski definition) is 4. The Morgan fingerprint density at radius 3 is 2.20 bits per heavy atom. The van der Waals surface area contributed by atoms with Gasteiger partial charge in [-0.05, 0) is 36.5 Å². The summed E-state index contributed by atoms with van der Waals surface area (Å²) in [5.41, 5.74) is 3.24. The highest BCUT2D eigenvalue weighted by atomic mass is 16.5. The molecular weight excluding hydrogens is 382 g/mol. The van der Waals surface area contributed by atoms with Crippen LogP contribution in [0, 0.1) is 5.92 Å². The number of carbonyl (C=O) groups is 3. The van der Waals surface area contributed by atoms with Crippen LogP contribution in [0.25, 0.3) is 11.1 Å². The third kappa shape index (κ3) is 7.70. The number of rotatable bonds is 11. The molecule has 6 nitrogen and oxygen atoms in total. The SMILES string of the molecule is CCOC(=O)C(C)C[C@@H](Cc1ccc(-c2ccccc2)cc1)NC(=O)CCC(=O)O. The van der Waals surface area contributed by atoms with Crippen LogP contribution in [0.5, 0.6) is 0 Å². The van der Waals surface area contributed by atoms with Crippen LogP contribution in [0.1, 0.15) is 38.7 Å². The quantitative estimate of drug-likeness (QED) is 0.548. The maximum Gasteiger partial charge on any atom is 0.308 e. The normalized spacial score (nSPS) is 12.6. The number of carboxylic acids is 1. The molecule has 0 aliphatic rings. The molecule has 0 aliphatic heterocycles. The van der Waals surface area contributed by atoms with E-state index in [2.05, 4.69) is 5.32 Å². The molecule has 0 radical (unpaired) electrons. The molecule has 1 amide bonds. The number of hydrogen-bond donors (Lipinski definition) is 2. The second kappa shape index (κ2) is 11.8. The van der Waals surface area contributed by atoms with E-state index in [-0.39, 0.29) is 36.7 Å². The molecule has 0 saturated heterocycles.